The second-order valence-corrected chi connectivity index (χ2v) is 14.0. The third-order valence-electron chi connectivity index (χ3n) is 7.71. The third-order valence-corrected chi connectivity index (χ3v) is 9.56. The molecule has 0 aliphatic heterocycles. The van der Waals surface area contributed by atoms with Crippen molar-refractivity contribution in [3.05, 3.63) is 130 Å². The van der Waals surface area contributed by atoms with Gasteiger partial charge in [-0.1, -0.05) is 96.9 Å². The van der Waals surface area contributed by atoms with Crippen LogP contribution in [0.15, 0.2) is 103 Å². The van der Waals surface area contributed by atoms with Crippen LogP contribution in [-0.2, 0) is 39.2 Å². The summed E-state index contributed by atoms with van der Waals surface area (Å²) in [5.41, 5.74) is 2.53. The zero-order valence-corrected chi connectivity index (χ0v) is 28.9. The van der Waals surface area contributed by atoms with Gasteiger partial charge in [-0.15, -0.1) is 0 Å². The lowest BCUT2D eigenvalue weighted by Crippen LogP contribution is -2.54. The molecule has 0 saturated carbocycles. The van der Waals surface area contributed by atoms with Crippen LogP contribution in [0.5, 0.6) is 5.75 Å². The second kappa shape index (κ2) is 16.7. The van der Waals surface area contributed by atoms with Gasteiger partial charge in [-0.3, -0.25) is 13.9 Å². The average molecular weight is 697 g/mol. The first-order chi connectivity index (χ1) is 22.5. The van der Waals surface area contributed by atoms with Crippen molar-refractivity contribution in [1.29, 1.82) is 0 Å². The first-order valence-electron chi connectivity index (χ1n) is 15.3. The number of benzene rings is 4. The maximum Gasteiger partial charge on any atom is 0.244 e. The van der Waals surface area contributed by atoms with E-state index in [0.717, 1.165) is 21.7 Å². The fraction of sp³-hybridized carbons (Fsp3) is 0.278. The SMILES string of the molecule is CC[C@H](C)NC(=O)[C@@H](Cc1ccccc1)N(Cc1c(Cl)cccc1Cl)C(=O)CN(c1ccc(OCc2ccccc2)cc1)S(C)(=O)=O. The number of anilines is 1. The van der Waals surface area contributed by atoms with Crippen LogP contribution in [0.1, 0.15) is 37.0 Å². The fourth-order valence-electron chi connectivity index (χ4n) is 4.91. The van der Waals surface area contributed by atoms with Crippen molar-refractivity contribution in [2.24, 2.45) is 0 Å². The third kappa shape index (κ3) is 10.2. The molecule has 0 heterocycles. The molecule has 0 unspecified atom stereocenters. The minimum Gasteiger partial charge on any atom is -0.489 e. The Hall–Kier alpha value is -4.05. The van der Waals surface area contributed by atoms with Gasteiger partial charge >= 0.3 is 0 Å². The van der Waals surface area contributed by atoms with Gasteiger partial charge < -0.3 is 15.0 Å². The van der Waals surface area contributed by atoms with Crippen LogP contribution >= 0.6 is 23.2 Å². The summed E-state index contributed by atoms with van der Waals surface area (Å²) in [7, 11) is -3.94. The molecule has 11 heteroatoms. The van der Waals surface area contributed by atoms with Crippen molar-refractivity contribution in [3.8, 4) is 5.75 Å². The summed E-state index contributed by atoms with van der Waals surface area (Å²) in [5.74, 6) is -0.432. The molecule has 0 spiro atoms. The summed E-state index contributed by atoms with van der Waals surface area (Å²) in [6, 6.07) is 29.3. The van der Waals surface area contributed by atoms with E-state index in [-0.39, 0.29) is 30.6 Å². The monoisotopic (exact) mass is 695 g/mol. The van der Waals surface area contributed by atoms with E-state index < -0.39 is 28.5 Å². The molecule has 2 amide bonds. The lowest BCUT2D eigenvalue weighted by atomic mass is 10.0. The van der Waals surface area contributed by atoms with Crippen molar-refractivity contribution in [2.75, 3.05) is 17.1 Å². The summed E-state index contributed by atoms with van der Waals surface area (Å²) < 4.78 is 33.1. The number of carbonyl (C=O) groups is 2. The smallest absolute Gasteiger partial charge is 0.244 e. The molecule has 4 rings (SSSR count). The molecule has 47 heavy (non-hydrogen) atoms. The number of rotatable bonds is 15. The highest BCUT2D eigenvalue weighted by Gasteiger charge is 2.34. The highest BCUT2D eigenvalue weighted by Crippen LogP contribution is 2.28. The minimum absolute atomic E-state index is 0.118. The average Bonchev–Trinajstić information content (AvgIpc) is 3.06. The number of nitrogens with zero attached hydrogens (tertiary/aromatic N) is 2. The zero-order valence-electron chi connectivity index (χ0n) is 26.6. The Bertz CT molecular complexity index is 1720. The van der Waals surface area contributed by atoms with E-state index in [4.69, 9.17) is 27.9 Å². The van der Waals surface area contributed by atoms with Crippen LogP contribution in [0.2, 0.25) is 10.0 Å². The summed E-state index contributed by atoms with van der Waals surface area (Å²) >= 11 is 13.1. The molecule has 1 N–H and O–H groups in total. The lowest BCUT2D eigenvalue weighted by Gasteiger charge is -2.34. The zero-order chi connectivity index (χ0) is 34.0. The Kier molecular flexibility index (Phi) is 12.7. The van der Waals surface area contributed by atoms with Crippen LogP contribution in [0.25, 0.3) is 0 Å². The largest absolute Gasteiger partial charge is 0.489 e. The van der Waals surface area contributed by atoms with Crippen molar-refractivity contribution in [3.63, 3.8) is 0 Å². The maximum absolute atomic E-state index is 14.3. The molecular weight excluding hydrogens is 657 g/mol. The van der Waals surface area contributed by atoms with Gasteiger partial charge in [0.1, 0.15) is 24.9 Å². The van der Waals surface area contributed by atoms with E-state index in [9.17, 15) is 18.0 Å². The predicted molar refractivity (Wildman–Crippen MR) is 188 cm³/mol. The van der Waals surface area contributed by atoms with Gasteiger partial charge in [-0.05, 0) is 60.9 Å². The van der Waals surface area contributed by atoms with Crippen LogP contribution in [0.4, 0.5) is 5.69 Å². The van der Waals surface area contributed by atoms with Crippen molar-refractivity contribution >= 4 is 50.7 Å². The van der Waals surface area contributed by atoms with Gasteiger partial charge in [0.15, 0.2) is 0 Å². The molecule has 248 valence electrons. The highest BCUT2D eigenvalue weighted by atomic mass is 35.5. The number of ether oxygens (including phenoxy) is 1. The van der Waals surface area contributed by atoms with Crippen LogP contribution in [0, 0.1) is 0 Å². The molecule has 4 aromatic rings. The molecule has 0 aliphatic carbocycles. The minimum atomic E-state index is -3.94. The first-order valence-corrected chi connectivity index (χ1v) is 17.9. The summed E-state index contributed by atoms with van der Waals surface area (Å²) in [6.45, 7) is 3.49. The van der Waals surface area contributed by atoms with E-state index in [2.05, 4.69) is 5.32 Å². The van der Waals surface area contributed by atoms with Gasteiger partial charge in [0, 0.05) is 34.6 Å². The normalized spacial score (nSPS) is 12.5. The Morgan fingerprint density at radius 3 is 1.96 bits per heavy atom. The summed E-state index contributed by atoms with van der Waals surface area (Å²) in [5, 5.41) is 3.64. The number of halogens is 2. The molecule has 8 nitrogen and oxygen atoms in total. The van der Waals surface area contributed by atoms with Gasteiger partial charge in [0.2, 0.25) is 21.8 Å². The Morgan fingerprint density at radius 1 is 0.830 bits per heavy atom. The van der Waals surface area contributed by atoms with Crippen LogP contribution in [-0.4, -0.2) is 50.0 Å². The number of carbonyl (C=O) groups excluding carboxylic acids is 2. The molecular formula is C36H39Cl2N3O5S. The second-order valence-electron chi connectivity index (χ2n) is 11.3. The number of sulfonamides is 1. The molecule has 0 radical (unpaired) electrons. The Balaban J connectivity index is 1.68. The number of hydrogen-bond donors (Lipinski definition) is 1. The van der Waals surface area contributed by atoms with E-state index >= 15 is 0 Å². The van der Waals surface area contributed by atoms with Gasteiger partial charge in [0.25, 0.3) is 0 Å². The number of amides is 2. The van der Waals surface area contributed by atoms with Gasteiger partial charge in [0.05, 0.1) is 11.9 Å². The topological polar surface area (TPSA) is 96.0 Å². The molecule has 0 saturated heterocycles. The lowest BCUT2D eigenvalue weighted by molar-refractivity contribution is -0.140. The molecule has 0 aliphatic rings. The summed E-state index contributed by atoms with van der Waals surface area (Å²) in [4.78, 5) is 29.6. The molecule has 4 aromatic carbocycles. The van der Waals surface area contributed by atoms with E-state index in [0.29, 0.717) is 34.4 Å². The Morgan fingerprint density at radius 2 is 1.40 bits per heavy atom. The van der Waals surface area contributed by atoms with Crippen LogP contribution < -0.4 is 14.4 Å². The van der Waals surface area contributed by atoms with Crippen molar-refractivity contribution < 1.29 is 22.7 Å². The Labute approximate surface area is 287 Å². The van der Waals surface area contributed by atoms with Gasteiger partial charge in [-0.25, -0.2) is 8.42 Å². The first kappa shape index (κ1) is 35.8. The van der Waals surface area contributed by atoms with Gasteiger partial charge in [-0.2, -0.15) is 0 Å². The van der Waals surface area contributed by atoms with E-state index in [1.54, 1.807) is 42.5 Å². The standard InChI is InChI=1S/C36H39Cl2N3O5S/c1-4-26(2)39-36(43)34(22-27-12-7-5-8-13-27)40(23-31-32(37)16-11-17-33(31)38)35(42)24-41(47(3,44)45)29-18-20-30(21-19-29)46-25-28-14-9-6-10-15-28/h5-21,26,34H,4,22-25H2,1-3H3,(H,39,43)/t26-,34+/m0/s1. The van der Waals surface area contributed by atoms with E-state index in [1.807, 2.05) is 74.5 Å². The molecule has 0 fully saturated rings. The molecule has 2 atom stereocenters. The van der Waals surface area contributed by atoms with Crippen LogP contribution in [0.3, 0.4) is 0 Å². The molecule has 0 aromatic heterocycles. The van der Waals surface area contributed by atoms with E-state index in [1.165, 1.54) is 4.90 Å². The fourth-order valence-corrected chi connectivity index (χ4v) is 6.28. The highest BCUT2D eigenvalue weighted by molar-refractivity contribution is 7.92. The predicted octanol–water partition coefficient (Wildman–Crippen LogP) is 6.89. The number of nitrogens with one attached hydrogen (secondary N) is 1. The maximum atomic E-state index is 14.3. The van der Waals surface area contributed by atoms with Crippen molar-refractivity contribution in [2.45, 2.75) is 51.9 Å². The summed E-state index contributed by atoms with van der Waals surface area (Å²) in [6.07, 6.45) is 1.90. The molecule has 0 bridgehead atoms. The number of hydrogen-bond acceptors (Lipinski definition) is 5. The van der Waals surface area contributed by atoms with Crippen molar-refractivity contribution in [1.82, 2.24) is 10.2 Å². The quantitative estimate of drug-likeness (QED) is 0.146.